The van der Waals surface area contributed by atoms with Crippen molar-refractivity contribution in [3.05, 3.63) is 35.4 Å². The molecule has 92 valence electrons. The molecular weight excluding hydrogens is 214 g/mol. The molecule has 3 nitrogen and oxygen atoms in total. The molecule has 0 amide bonds. The first kappa shape index (κ1) is 12.3. The van der Waals surface area contributed by atoms with Crippen LogP contribution in [0.4, 0.5) is 0 Å². The number of rotatable bonds is 4. The summed E-state index contributed by atoms with van der Waals surface area (Å²) >= 11 is 0. The van der Waals surface area contributed by atoms with Crippen molar-refractivity contribution < 1.29 is 9.53 Å². The molecule has 1 N–H and O–H groups in total. The standard InChI is InChI=1S/C14H19NO2/c1-10-5-3-4-6-11(10)7-14(16)13-8-12(17-2)9-15-13/h3-6,12-13,15H,7-9H2,1-2H3. The zero-order valence-electron chi connectivity index (χ0n) is 10.4. The third-order valence-electron chi connectivity index (χ3n) is 3.44. The van der Waals surface area contributed by atoms with E-state index in [0.29, 0.717) is 6.42 Å². The van der Waals surface area contributed by atoms with Crippen LogP contribution in [-0.2, 0) is 16.0 Å². The summed E-state index contributed by atoms with van der Waals surface area (Å²) < 4.78 is 5.25. The lowest BCUT2D eigenvalue weighted by molar-refractivity contribution is -0.120. The van der Waals surface area contributed by atoms with Crippen molar-refractivity contribution in [2.24, 2.45) is 0 Å². The fourth-order valence-corrected chi connectivity index (χ4v) is 2.25. The maximum atomic E-state index is 12.1. The number of hydrogen-bond acceptors (Lipinski definition) is 3. The summed E-state index contributed by atoms with van der Waals surface area (Å²) in [6, 6.07) is 8.01. The quantitative estimate of drug-likeness (QED) is 0.856. The molecule has 17 heavy (non-hydrogen) atoms. The van der Waals surface area contributed by atoms with E-state index >= 15 is 0 Å². The van der Waals surface area contributed by atoms with E-state index in [1.54, 1.807) is 7.11 Å². The molecule has 1 aliphatic rings. The number of Topliss-reactive ketones (excluding diaryl/α,β-unsaturated/α-hetero) is 1. The predicted octanol–water partition coefficient (Wildman–Crippen LogP) is 1.48. The number of carbonyl (C=O) groups excluding carboxylic acids is 1. The Morgan fingerprint density at radius 3 is 2.88 bits per heavy atom. The molecule has 1 aromatic rings. The van der Waals surface area contributed by atoms with Crippen LogP contribution in [0.5, 0.6) is 0 Å². The average molecular weight is 233 g/mol. The van der Waals surface area contributed by atoms with Crippen molar-refractivity contribution >= 4 is 5.78 Å². The highest BCUT2D eigenvalue weighted by molar-refractivity contribution is 5.86. The molecule has 1 aliphatic heterocycles. The minimum Gasteiger partial charge on any atom is -0.380 e. The lowest BCUT2D eigenvalue weighted by Crippen LogP contribution is -2.32. The highest BCUT2D eigenvalue weighted by atomic mass is 16.5. The first-order valence-electron chi connectivity index (χ1n) is 6.04. The Kier molecular flexibility index (Phi) is 3.92. The van der Waals surface area contributed by atoms with E-state index in [9.17, 15) is 4.79 Å². The largest absolute Gasteiger partial charge is 0.380 e. The topological polar surface area (TPSA) is 38.3 Å². The molecule has 1 saturated heterocycles. The average Bonchev–Trinajstić information content (AvgIpc) is 2.81. The molecule has 0 radical (unpaired) electrons. The Morgan fingerprint density at radius 2 is 2.24 bits per heavy atom. The van der Waals surface area contributed by atoms with Gasteiger partial charge >= 0.3 is 0 Å². The van der Waals surface area contributed by atoms with E-state index in [-0.39, 0.29) is 17.9 Å². The molecule has 1 heterocycles. The molecule has 0 saturated carbocycles. The van der Waals surface area contributed by atoms with E-state index in [1.807, 2.05) is 31.2 Å². The van der Waals surface area contributed by atoms with Crippen LogP contribution in [0, 0.1) is 6.92 Å². The van der Waals surface area contributed by atoms with Gasteiger partial charge in [0.2, 0.25) is 0 Å². The Bertz CT molecular complexity index is 403. The van der Waals surface area contributed by atoms with Crippen LogP contribution in [0.2, 0.25) is 0 Å². The second-order valence-electron chi connectivity index (χ2n) is 4.62. The van der Waals surface area contributed by atoms with Crippen molar-refractivity contribution in [2.45, 2.75) is 31.9 Å². The Hall–Kier alpha value is -1.19. The van der Waals surface area contributed by atoms with Gasteiger partial charge in [-0.1, -0.05) is 24.3 Å². The van der Waals surface area contributed by atoms with Crippen molar-refractivity contribution in [3.63, 3.8) is 0 Å². The molecule has 3 heteroatoms. The smallest absolute Gasteiger partial charge is 0.154 e. The van der Waals surface area contributed by atoms with Gasteiger partial charge in [-0.05, 0) is 24.5 Å². The molecule has 2 unspecified atom stereocenters. The normalized spacial score (nSPS) is 23.9. The van der Waals surface area contributed by atoms with Gasteiger partial charge in [-0.3, -0.25) is 4.79 Å². The van der Waals surface area contributed by atoms with Crippen LogP contribution >= 0.6 is 0 Å². The van der Waals surface area contributed by atoms with Gasteiger partial charge in [0, 0.05) is 20.1 Å². The maximum Gasteiger partial charge on any atom is 0.154 e. The van der Waals surface area contributed by atoms with Crippen molar-refractivity contribution in [1.29, 1.82) is 0 Å². The van der Waals surface area contributed by atoms with Crippen LogP contribution in [0.3, 0.4) is 0 Å². The number of aryl methyl sites for hydroxylation is 1. The van der Waals surface area contributed by atoms with Crippen LogP contribution in [0.1, 0.15) is 17.5 Å². The highest BCUT2D eigenvalue weighted by Gasteiger charge is 2.29. The summed E-state index contributed by atoms with van der Waals surface area (Å²) in [5.74, 6) is 0.263. The Labute approximate surface area is 102 Å². The monoisotopic (exact) mass is 233 g/mol. The summed E-state index contributed by atoms with van der Waals surface area (Å²) in [6.07, 6.45) is 1.49. The van der Waals surface area contributed by atoms with Gasteiger partial charge in [-0.2, -0.15) is 0 Å². The summed E-state index contributed by atoms with van der Waals surface area (Å²) in [5.41, 5.74) is 2.31. The molecule has 1 fully saturated rings. The number of hydrogen-bond donors (Lipinski definition) is 1. The van der Waals surface area contributed by atoms with Crippen LogP contribution in [-0.4, -0.2) is 31.6 Å². The van der Waals surface area contributed by atoms with Crippen molar-refractivity contribution in [3.8, 4) is 0 Å². The van der Waals surface area contributed by atoms with Gasteiger partial charge in [0.25, 0.3) is 0 Å². The molecule has 0 aliphatic carbocycles. The fraction of sp³-hybridized carbons (Fsp3) is 0.500. The summed E-state index contributed by atoms with van der Waals surface area (Å²) in [7, 11) is 1.69. The molecule has 1 aromatic carbocycles. The second-order valence-corrected chi connectivity index (χ2v) is 4.62. The second kappa shape index (κ2) is 5.43. The summed E-state index contributed by atoms with van der Waals surface area (Å²) in [6.45, 7) is 2.82. The van der Waals surface area contributed by atoms with E-state index in [4.69, 9.17) is 4.74 Å². The number of benzene rings is 1. The van der Waals surface area contributed by atoms with Crippen molar-refractivity contribution in [2.75, 3.05) is 13.7 Å². The fourth-order valence-electron chi connectivity index (χ4n) is 2.25. The zero-order chi connectivity index (χ0) is 12.3. The number of ether oxygens (including phenoxy) is 1. The van der Waals surface area contributed by atoms with Gasteiger partial charge in [0.1, 0.15) is 0 Å². The predicted molar refractivity (Wildman–Crippen MR) is 67.1 cm³/mol. The van der Waals surface area contributed by atoms with Gasteiger partial charge in [-0.15, -0.1) is 0 Å². The number of carbonyl (C=O) groups is 1. The minimum atomic E-state index is -0.0421. The van der Waals surface area contributed by atoms with Crippen LogP contribution < -0.4 is 5.32 Å². The van der Waals surface area contributed by atoms with E-state index in [0.717, 1.165) is 18.5 Å². The zero-order valence-corrected chi connectivity index (χ0v) is 10.4. The third kappa shape index (κ3) is 2.93. The first-order valence-corrected chi connectivity index (χ1v) is 6.04. The Balaban J connectivity index is 1.96. The lowest BCUT2D eigenvalue weighted by Gasteiger charge is -2.10. The van der Waals surface area contributed by atoms with Gasteiger partial charge in [-0.25, -0.2) is 0 Å². The minimum absolute atomic E-state index is 0.0421. The van der Waals surface area contributed by atoms with Crippen LogP contribution in [0.25, 0.3) is 0 Å². The maximum absolute atomic E-state index is 12.1. The van der Waals surface area contributed by atoms with Crippen molar-refractivity contribution in [1.82, 2.24) is 5.32 Å². The molecular formula is C14H19NO2. The third-order valence-corrected chi connectivity index (χ3v) is 3.44. The van der Waals surface area contributed by atoms with Gasteiger partial charge < -0.3 is 10.1 Å². The number of methoxy groups -OCH3 is 1. The Morgan fingerprint density at radius 1 is 1.47 bits per heavy atom. The van der Waals surface area contributed by atoms with Crippen LogP contribution in [0.15, 0.2) is 24.3 Å². The van der Waals surface area contributed by atoms with E-state index < -0.39 is 0 Å². The molecule has 0 aromatic heterocycles. The molecule has 2 atom stereocenters. The van der Waals surface area contributed by atoms with Gasteiger partial charge in [0.05, 0.1) is 12.1 Å². The molecule has 0 spiro atoms. The van der Waals surface area contributed by atoms with Gasteiger partial charge in [0.15, 0.2) is 5.78 Å². The summed E-state index contributed by atoms with van der Waals surface area (Å²) in [5, 5.41) is 3.22. The first-order chi connectivity index (χ1) is 8.20. The summed E-state index contributed by atoms with van der Waals surface area (Å²) in [4.78, 5) is 12.1. The number of nitrogens with one attached hydrogen (secondary N) is 1. The van der Waals surface area contributed by atoms with E-state index in [2.05, 4.69) is 5.32 Å². The molecule has 2 rings (SSSR count). The number of ketones is 1. The van der Waals surface area contributed by atoms with E-state index in [1.165, 1.54) is 5.56 Å². The lowest BCUT2D eigenvalue weighted by atomic mass is 9.99. The molecule has 0 bridgehead atoms. The SMILES string of the molecule is COC1CNC(C(=O)Cc2ccccc2C)C1. The highest BCUT2D eigenvalue weighted by Crippen LogP contribution is 2.14.